The van der Waals surface area contributed by atoms with Crippen LogP contribution in [0.15, 0.2) is 24.3 Å². The number of para-hydroxylation sites is 1. The molecule has 1 fully saturated rings. The maximum Gasteiger partial charge on any atom is 0.270 e. The van der Waals surface area contributed by atoms with Crippen LogP contribution in [-0.2, 0) is 16.1 Å². The Hall–Kier alpha value is -1.88. The van der Waals surface area contributed by atoms with Crippen molar-refractivity contribution in [1.29, 1.82) is 0 Å². The van der Waals surface area contributed by atoms with E-state index in [0.29, 0.717) is 17.3 Å². The molecule has 1 aromatic carbocycles. The van der Waals surface area contributed by atoms with Crippen LogP contribution < -0.4 is 5.06 Å². The Morgan fingerprint density at radius 2 is 1.81 bits per heavy atom. The lowest BCUT2D eigenvalue weighted by Gasteiger charge is -2.27. The summed E-state index contributed by atoms with van der Waals surface area (Å²) in [4.78, 5) is 26.3. The Kier molecular flexibility index (Phi) is 3.92. The Morgan fingerprint density at radius 1 is 1.10 bits per heavy atom. The molecular weight excluding hydrogens is 268 g/mol. The molecule has 5 heteroatoms. The van der Waals surface area contributed by atoms with Crippen molar-refractivity contribution in [2.24, 2.45) is 5.92 Å². The number of rotatable bonds is 1. The lowest BCUT2D eigenvalue weighted by atomic mass is 9.88. The largest absolute Gasteiger partial charge is 0.329 e. The molecule has 2 amide bonds. The number of carbonyl (C=O) groups is 2. The number of hydrogen-bond donors (Lipinski definition) is 1. The Labute approximate surface area is 124 Å². The summed E-state index contributed by atoms with van der Waals surface area (Å²) in [5.41, 5.74) is 1.27. The number of nitrogens with zero attached hydrogens (tertiary/aromatic N) is 2. The standard InChI is InChI=1S/C16H20N2O3/c19-15-11-17(16(20)12-6-2-1-3-7-12)10-13-8-4-5-9-14(13)18(15)21/h4-5,8-9,12,21H,1-3,6-7,10-11H2. The molecule has 0 aromatic heterocycles. The molecule has 0 spiro atoms. The zero-order chi connectivity index (χ0) is 14.8. The molecule has 1 N–H and O–H groups in total. The lowest BCUT2D eigenvalue weighted by Crippen LogP contribution is -2.41. The van der Waals surface area contributed by atoms with E-state index < -0.39 is 5.91 Å². The van der Waals surface area contributed by atoms with E-state index in [9.17, 15) is 14.8 Å². The predicted octanol–water partition coefficient (Wildman–Crippen LogP) is 2.33. The fraction of sp³-hybridized carbons (Fsp3) is 0.500. The highest BCUT2D eigenvalue weighted by Gasteiger charge is 2.32. The van der Waals surface area contributed by atoms with E-state index in [1.54, 1.807) is 17.0 Å². The van der Waals surface area contributed by atoms with Crippen LogP contribution in [0, 0.1) is 5.92 Å². The number of hydrogen-bond acceptors (Lipinski definition) is 3. The average Bonchev–Trinajstić information content (AvgIpc) is 2.65. The van der Waals surface area contributed by atoms with E-state index in [1.165, 1.54) is 6.42 Å². The summed E-state index contributed by atoms with van der Waals surface area (Å²) >= 11 is 0. The first-order valence-electron chi connectivity index (χ1n) is 7.55. The van der Waals surface area contributed by atoms with Gasteiger partial charge in [0.05, 0.1) is 5.69 Å². The van der Waals surface area contributed by atoms with Crippen molar-refractivity contribution in [1.82, 2.24) is 4.90 Å². The van der Waals surface area contributed by atoms with Gasteiger partial charge in [0.25, 0.3) is 5.91 Å². The summed E-state index contributed by atoms with van der Waals surface area (Å²) in [7, 11) is 0. The fourth-order valence-electron chi connectivity index (χ4n) is 3.24. The molecule has 0 bridgehead atoms. The lowest BCUT2D eigenvalue weighted by molar-refractivity contribution is -0.141. The van der Waals surface area contributed by atoms with Crippen LogP contribution >= 0.6 is 0 Å². The SMILES string of the molecule is O=C(C1CCCCC1)N1CC(=O)N(O)c2ccccc2C1. The summed E-state index contributed by atoms with van der Waals surface area (Å²) in [6.07, 6.45) is 5.18. The van der Waals surface area contributed by atoms with E-state index in [-0.39, 0.29) is 18.4 Å². The van der Waals surface area contributed by atoms with Crippen LogP contribution in [0.4, 0.5) is 5.69 Å². The molecule has 1 aromatic rings. The Bertz CT molecular complexity index is 552. The molecular formula is C16H20N2O3. The third-order valence-corrected chi connectivity index (χ3v) is 4.41. The summed E-state index contributed by atoms with van der Waals surface area (Å²) < 4.78 is 0. The highest BCUT2D eigenvalue weighted by atomic mass is 16.5. The van der Waals surface area contributed by atoms with E-state index in [0.717, 1.165) is 31.2 Å². The summed E-state index contributed by atoms with van der Waals surface area (Å²) in [5, 5.41) is 10.6. The molecule has 2 aliphatic rings. The van der Waals surface area contributed by atoms with Gasteiger partial charge in [0, 0.05) is 12.5 Å². The predicted molar refractivity (Wildman–Crippen MR) is 77.7 cm³/mol. The van der Waals surface area contributed by atoms with Crippen LogP contribution in [0.5, 0.6) is 0 Å². The molecule has 0 saturated heterocycles. The number of benzene rings is 1. The second-order valence-corrected chi connectivity index (χ2v) is 5.86. The molecule has 1 aliphatic heterocycles. The van der Waals surface area contributed by atoms with Gasteiger partial charge < -0.3 is 4.90 Å². The monoisotopic (exact) mass is 288 g/mol. The molecule has 1 saturated carbocycles. The van der Waals surface area contributed by atoms with Gasteiger partial charge >= 0.3 is 0 Å². The number of hydroxylamine groups is 1. The van der Waals surface area contributed by atoms with Crippen LogP contribution in [0.1, 0.15) is 37.7 Å². The van der Waals surface area contributed by atoms with E-state index in [4.69, 9.17) is 0 Å². The molecule has 1 heterocycles. The minimum atomic E-state index is -0.455. The van der Waals surface area contributed by atoms with Gasteiger partial charge in [-0.2, -0.15) is 5.06 Å². The molecule has 21 heavy (non-hydrogen) atoms. The van der Waals surface area contributed by atoms with Crippen molar-refractivity contribution in [2.45, 2.75) is 38.6 Å². The van der Waals surface area contributed by atoms with Crippen LogP contribution in [0.25, 0.3) is 0 Å². The average molecular weight is 288 g/mol. The quantitative estimate of drug-likeness (QED) is 0.807. The minimum Gasteiger partial charge on any atom is -0.329 e. The first-order chi connectivity index (χ1) is 10.2. The first kappa shape index (κ1) is 14.1. The number of anilines is 1. The third kappa shape index (κ3) is 2.78. The topological polar surface area (TPSA) is 60.9 Å². The molecule has 3 rings (SSSR count). The van der Waals surface area contributed by atoms with Crippen LogP contribution in [0.2, 0.25) is 0 Å². The maximum atomic E-state index is 12.6. The zero-order valence-electron chi connectivity index (χ0n) is 12.0. The first-order valence-corrected chi connectivity index (χ1v) is 7.55. The summed E-state index contributed by atoms with van der Waals surface area (Å²) in [6, 6.07) is 7.17. The Morgan fingerprint density at radius 3 is 2.57 bits per heavy atom. The van der Waals surface area contributed by atoms with Crippen molar-refractivity contribution >= 4 is 17.5 Å². The van der Waals surface area contributed by atoms with Gasteiger partial charge in [0.1, 0.15) is 6.54 Å². The molecule has 0 unspecified atom stereocenters. The van der Waals surface area contributed by atoms with Crippen molar-refractivity contribution in [3.05, 3.63) is 29.8 Å². The molecule has 1 aliphatic carbocycles. The third-order valence-electron chi connectivity index (χ3n) is 4.41. The number of carbonyl (C=O) groups excluding carboxylic acids is 2. The molecule has 0 radical (unpaired) electrons. The van der Waals surface area contributed by atoms with Crippen molar-refractivity contribution in [3.63, 3.8) is 0 Å². The normalized spacial score (nSPS) is 20.1. The van der Waals surface area contributed by atoms with E-state index in [2.05, 4.69) is 0 Å². The van der Waals surface area contributed by atoms with Crippen molar-refractivity contribution < 1.29 is 14.8 Å². The van der Waals surface area contributed by atoms with Crippen LogP contribution in [-0.4, -0.2) is 28.5 Å². The fourth-order valence-corrected chi connectivity index (χ4v) is 3.24. The van der Waals surface area contributed by atoms with Gasteiger partial charge in [-0.15, -0.1) is 0 Å². The van der Waals surface area contributed by atoms with Crippen LogP contribution in [0.3, 0.4) is 0 Å². The van der Waals surface area contributed by atoms with Gasteiger partial charge in [-0.3, -0.25) is 14.8 Å². The molecule has 5 nitrogen and oxygen atoms in total. The second-order valence-electron chi connectivity index (χ2n) is 5.86. The van der Waals surface area contributed by atoms with Gasteiger partial charge in [-0.05, 0) is 24.5 Å². The number of fused-ring (bicyclic) bond motifs is 1. The Balaban J connectivity index is 1.84. The van der Waals surface area contributed by atoms with Gasteiger partial charge in [0.2, 0.25) is 5.91 Å². The second kappa shape index (κ2) is 5.85. The molecule has 112 valence electrons. The van der Waals surface area contributed by atoms with Gasteiger partial charge in [-0.25, -0.2) is 0 Å². The van der Waals surface area contributed by atoms with Gasteiger partial charge in [-0.1, -0.05) is 37.5 Å². The highest BCUT2D eigenvalue weighted by Crippen LogP contribution is 2.29. The summed E-state index contributed by atoms with van der Waals surface area (Å²) in [6.45, 7) is 0.328. The highest BCUT2D eigenvalue weighted by molar-refractivity contribution is 5.96. The smallest absolute Gasteiger partial charge is 0.270 e. The zero-order valence-corrected chi connectivity index (χ0v) is 12.0. The molecule has 0 atom stereocenters. The summed E-state index contributed by atoms with van der Waals surface area (Å²) in [5.74, 6) is -0.374. The van der Waals surface area contributed by atoms with Crippen molar-refractivity contribution in [2.75, 3.05) is 11.6 Å². The van der Waals surface area contributed by atoms with Crippen molar-refractivity contribution in [3.8, 4) is 0 Å². The minimum absolute atomic E-state index is 0.0314. The van der Waals surface area contributed by atoms with E-state index in [1.807, 2.05) is 12.1 Å². The van der Waals surface area contributed by atoms with E-state index >= 15 is 0 Å². The number of amides is 2. The maximum absolute atomic E-state index is 12.6. The van der Waals surface area contributed by atoms with Gasteiger partial charge in [0.15, 0.2) is 0 Å².